The van der Waals surface area contributed by atoms with Crippen LogP contribution in [0.5, 0.6) is 0 Å². The number of nitrogens with one attached hydrogen (secondary N) is 1. The molecule has 1 N–H and O–H groups in total. The van der Waals surface area contributed by atoms with Gasteiger partial charge in [-0.15, -0.1) is 0 Å². The molecular weight excluding hydrogens is 360 g/mol. The van der Waals surface area contributed by atoms with Gasteiger partial charge < -0.3 is 5.32 Å². The van der Waals surface area contributed by atoms with Gasteiger partial charge in [0.1, 0.15) is 6.54 Å². The molecule has 0 heterocycles. The number of sulfonamides is 1. The molecule has 2 aromatic carbocycles. The van der Waals surface area contributed by atoms with Crippen molar-refractivity contribution in [2.75, 3.05) is 17.4 Å². The summed E-state index contributed by atoms with van der Waals surface area (Å²) in [5.74, 6) is -0.0816. The normalized spacial score (nSPS) is 11.4. The van der Waals surface area contributed by atoms with E-state index in [1.165, 1.54) is 12.1 Å². The number of carbonyl (C=O) groups excluding carboxylic acids is 1. The second kappa shape index (κ2) is 8.36. The second-order valence-corrected chi connectivity index (χ2v) is 8.30. The van der Waals surface area contributed by atoms with Crippen LogP contribution in [0.1, 0.15) is 13.8 Å². The number of anilines is 1. The summed E-state index contributed by atoms with van der Waals surface area (Å²) in [7, 11) is -3.87. The van der Waals surface area contributed by atoms with Crippen LogP contribution in [-0.2, 0) is 14.8 Å². The van der Waals surface area contributed by atoms with E-state index in [-0.39, 0.29) is 23.3 Å². The van der Waals surface area contributed by atoms with Gasteiger partial charge in [0, 0.05) is 11.6 Å². The second-order valence-electron chi connectivity index (χ2n) is 6.00. The van der Waals surface area contributed by atoms with E-state index in [0.717, 1.165) is 4.31 Å². The van der Waals surface area contributed by atoms with Gasteiger partial charge in [-0.3, -0.25) is 9.10 Å². The molecule has 0 saturated carbocycles. The van der Waals surface area contributed by atoms with Crippen LogP contribution in [-0.4, -0.2) is 27.4 Å². The minimum absolute atomic E-state index is 0.126. The fourth-order valence-electron chi connectivity index (χ4n) is 2.15. The summed E-state index contributed by atoms with van der Waals surface area (Å²) in [5, 5.41) is 3.24. The molecule has 25 heavy (non-hydrogen) atoms. The highest BCUT2D eigenvalue weighted by Gasteiger charge is 2.27. The smallest absolute Gasteiger partial charge is 0.264 e. The maximum Gasteiger partial charge on any atom is 0.264 e. The van der Waals surface area contributed by atoms with Gasteiger partial charge >= 0.3 is 0 Å². The number of amides is 1. The Bertz CT molecular complexity index is 806. The zero-order chi connectivity index (χ0) is 18.4. The van der Waals surface area contributed by atoms with Crippen molar-refractivity contribution in [1.29, 1.82) is 0 Å². The maximum absolute atomic E-state index is 13.0. The molecule has 0 aliphatic heterocycles. The number of hydrogen-bond donors (Lipinski definition) is 1. The highest BCUT2D eigenvalue weighted by molar-refractivity contribution is 7.92. The quantitative estimate of drug-likeness (QED) is 0.801. The van der Waals surface area contributed by atoms with E-state index in [9.17, 15) is 13.2 Å². The van der Waals surface area contributed by atoms with Crippen LogP contribution in [0.3, 0.4) is 0 Å². The predicted molar refractivity (Wildman–Crippen MR) is 100 cm³/mol. The van der Waals surface area contributed by atoms with Crippen LogP contribution in [0.2, 0.25) is 5.02 Å². The first-order chi connectivity index (χ1) is 11.8. The van der Waals surface area contributed by atoms with Crippen molar-refractivity contribution < 1.29 is 13.2 Å². The van der Waals surface area contributed by atoms with Gasteiger partial charge in [0.25, 0.3) is 10.0 Å². The average molecular weight is 381 g/mol. The minimum atomic E-state index is -3.87. The third-order valence-electron chi connectivity index (χ3n) is 3.44. The van der Waals surface area contributed by atoms with Crippen molar-refractivity contribution in [3.8, 4) is 0 Å². The number of rotatable bonds is 7. The van der Waals surface area contributed by atoms with Gasteiger partial charge in [0.05, 0.1) is 10.6 Å². The lowest BCUT2D eigenvalue weighted by molar-refractivity contribution is -0.119. The van der Waals surface area contributed by atoms with Gasteiger partial charge in [-0.25, -0.2) is 8.42 Å². The van der Waals surface area contributed by atoms with Gasteiger partial charge in [0.15, 0.2) is 0 Å². The summed E-state index contributed by atoms with van der Waals surface area (Å²) in [5.41, 5.74) is 0.382. The van der Waals surface area contributed by atoms with E-state index >= 15 is 0 Å². The lowest BCUT2D eigenvalue weighted by atomic mass is 10.2. The Morgan fingerprint density at radius 2 is 1.68 bits per heavy atom. The van der Waals surface area contributed by atoms with Crippen molar-refractivity contribution in [2.24, 2.45) is 5.92 Å². The van der Waals surface area contributed by atoms with Crippen LogP contribution in [0.25, 0.3) is 0 Å². The Morgan fingerprint density at radius 3 is 2.24 bits per heavy atom. The highest BCUT2D eigenvalue weighted by atomic mass is 35.5. The lowest BCUT2D eigenvalue weighted by Gasteiger charge is -2.24. The van der Waals surface area contributed by atoms with Gasteiger partial charge in [0.2, 0.25) is 5.91 Å². The molecule has 0 saturated heterocycles. The Kier molecular flexibility index (Phi) is 6.45. The molecule has 2 rings (SSSR count). The van der Waals surface area contributed by atoms with Crippen LogP contribution < -0.4 is 9.62 Å². The summed E-state index contributed by atoms with van der Waals surface area (Å²) in [6.07, 6.45) is 0. The monoisotopic (exact) mass is 380 g/mol. The van der Waals surface area contributed by atoms with Crippen molar-refractivity contribution >= 4 is 33.2 Å². The van der Waals surface area contributed by atoms with Crippen LogP contribution in [0, 0.1) is 5.92 Å². The molecule has 5 nitrogen and oxygen atoms in total. The van der Waals surface area contributed by atoms with Crippen LogP contribution >= 0.6 is 11.6 Å². The molecule has 7 heteroatoms. The van der Waals surface area contributed by atoms with E-state index < -0.39 is 10.0 Å². The molecule has 0 bridgehead atoms. The first kappa shape index (κ1) is 19.3. The molecule has 0 fully saturated rings. The SMILES string of the molecule is CC(C)CNC(=O)CN(c1ccc(Cl)cc1)S(=O)(=O)c1ccccc1. The summed E-state index contributed by atoms with van der Waals surface area (Å²) in [6.45, 7) is 4.13. The van der Waals surface area contributed by atoms with Gasteiger partial charge in [-0.05, 0) is 42.3 Å². The number of nitrogens with zero attached hydrogens (tertiary/aromatic N) is 1. The molecule has 0 aromatic heterocycles. The molecule has 0 radical (unpaired) electrons. The van der Waals surface area contributed by atoms with Gasteiger partial charge in [-0.1, -0.05) is 43.6 Å². The Balaban J connectivity index is 2.35. The topological polar surface area (TPSA) is 66.5 Å². The summed E-state index contributed by atoms with van der Waals surface area (Å²) in [6, 6.07) is 14.4. The minimum Gasteiger partial charge on any atom is -0.354 e. The zero-order valence-electron chi connectivity index (χ0n) is 14.1. The largest absolute Gasteiger partial charge is 0.354 e. The van der Waals surface area contributed by atoms with Crippen molar-refractivity contribution in [1.82, 2.24) is 5.32 Å². The molecule has 0 atom stereocenters. The number of carbonyl (C=O) groups is 1. The molecule has 134 valence electrons. The highest BCUT2D eigenvalue weighted by Crippen LogP contribution is 2.24. The lowest BCUT2D eigenvalue weighted by Crippen LogP contribution is -2.41. The molecule has 0 aliphatic carbocycles. The van der Waals surface area contributed by atoms with Crippen LogP contribution in [0.15, 0.2) is 59.5 Å². The van der Waals surface area contributed by atoms with E-state index in [4.69, 9.17) is 11.6 Å². The standard InChI is InChI=1S/C18H21ClN2O3S/c1-14(2)12-20-18(22)13-21(16-10-8-15(19)9-11-16)25(23,24)17-6-4-3-5-7-17/h3-11,14H,12-13H2,1-2H3,(H,20,22). The van der Waals surface area contributed by atoms with E-state index in [1.54, 1.807) is 42.5 Å². The predicted octanol–water partition coefficient (Wildman–Crippen LogP) is 3.31. The van der Waals surface area contributed by atoms with Gasteiger partial charge in [-0.2, -0.15) is 0 Å². The molecule has 0 aliphatic rings. The maximum atomic E-state index is 13.0. The Hall–Kier alpha value is -2.05. The molecule has 0 unspecified atom stereocenters. The van der Waals surface area contributed by atoms with E-state index in [1.807, 2.05) is 13.8 Å². The molecular formula is C18H21ClN2O3S. The third kappa shape index (κ3) is 5.21. The fraction of sp³-hybridized carbons (Fsp3) is 0.278. The first-order valence-electron chi connectivity index (χ1n) is 7.91. The first-order valence-corrected chi connectivity index (χ1v) is 9.72. The van der Waals surface area contributed by atoms with Crippen molar-refractivity contribution in [3.63, 3.8) is 0 Å². The van der Waals surface area contributed by atoms with Crippen molar-refractivity contribution in [2.45, 2.75) is 18.7 Å². The summed E-state index contributed by atoms with van der Waals surface area (Å²) < 4.78 is 27.1. The molecule has 2 aromatic rings. The Morgan fingerprint density at radius 1 is 1.08 bits per heavy atom. The fourth-order valence-corrected chi connectivity index (χ4v) is 3.71. The number of halogens is 1. The summed E-state index contributed by atoms with van der Waals surface area (Å²) in [4.78, 5) is 12.4. The summed E-state index contributed by atoms with van der Waals surface area (Å²) >= 11 is 5.89. The van der Waals surface area contributed by atoms with E-state index in [0.29, 0.717) is 17.3 Å². The van der Waals surface area contributed by atoms with Crippen LogP contribution in [0.4, 0.5) is 5.69 Å². The van der Waals surface area contributed by atoms with E-state index in [2.05, 4.69) is 5.32 Å². The average Bonchev–Trinajstić information content (AvgIpc) is 2.59. The number of hydrogen-bond acceptors (Lipinski definition) is 3. The third-order valence-corrected chi connectivity index (χ3v) is 5.48. The molecule has 0 spiro atoms. The zero-order valence-corrected chi connectivity index (χ0v) is 15.7. The number of benzene rings is 2. The van der Waals surface area contributed by atoms with Crippen molar-refractivity contribution in [3.05, 3.63) is 59.6 Å². The molecule has 1 amide bonds. The Labute approximate surface area is 153 Å².